The molecule has 2 N–H and O–H groups in total. The number of furan rings is 1. The highest BCUT2D eigenvalue weighted by Gasteiger charge is 2.20. The fourth-order valence-electron chi connectivity index (χ4n) is 1.23. The van der Waals surface area contributed by atoms with Gasteiger partial charge in [0.25, 0.3) is 0 Å². The van der Waals surface area contributed by atoms with Crippen molar-refractivity contribution < 1.29 is 12.8 Å². The Bertz CT molecular complexity index is 412. The van der Waals surface area contributed by atoms with E-state index in [-0.39, 0.29) is 12.6 Å². The fraction of sp³-hybridized carbons (Fsp3) is 0.636. The Balaban J connectivity index is 2.44. The molecule has 0 fully saturated rings. The van der Waals surface area contributed by atoms with Gasteiger partial charge in [0.05, 0.1) is 17.8 Å². The third-order valence-electron chi connectivity index (χ3n) is 2.40. The number of hydrogen-bond donors (Lipinski definition) is 2. The predicted molar refractivity (Wildman–Crippen MR) is 67.1 cm³/mol. The Hall–Kier alpha value is -0.850. The molecule has 0 radical (unpaired) electrons. The topological polar surface area (TPSA) is 71.3 Å². The van der Waals surface area contributed by atoms with Crippen LogP contribution in [0.5, 0.6) is 0 Å². The molecule has 98 valence electrons. The largest absolute Gasteiger partial charge is 0.472 e. The van der Waals surface area contributed by atoms with E-state index in [0.29, 0.717) is 6.54 Å². The maximum absolute atomic E-state index is 11.9. The number of hydrogen-bond acceptors (Lipinski definition) is 4. The van der Waals surface area contributed by atoms with Gasteiger partial charge in [-0.15, -0.1) is 0 Å². The van der Waals surface area contributed by atoms with Crippen molar-refractivity contribution in [3.05, 3.63) is 24.2 Å². The molecule has 0 saturated heterocycles. The molecule has 1 aromatic rings. The molecule has 0 amide bonds. The minimum absolute atomic E-state index is 0.269. The van der Waals surface area contributed by atoms with Crippen LogP contribution in [0.15, 0.2) is 23.0 Å². The minimum Gasteiger partial charge on any atom is -0.472 e. The zero-order valence-electron chi connectivity index (χ0n) is 10.4. The standard InChI is InChI=1S/C11H20N2O3S/c1-9(2)12-6-10(3)17(14,15)13-7-11-4-5-16-8-11/h4-5,8-10,12-13H,6-7H2,1-3H3. The second-order valence-electron chi connectivity index (χ2n) is 4.37. The summed E-state index contributed by atoms with van der Waals surface area (Å²) in [6.07, 6.45) is 3.05. The summed E-state index contributed by atoms with van der Waals surface area (Å²) in [5, 5.41) is 2.65. The number of rotatable bonds is 7. The summed E-state index contributed by atoms with van der Waals surface area (Å²) in [5.41, 5.74) is 0.817. The lowest BCUT2D eigenvalue weighted by Gasteiger charge is -2.16. The zero-order valence-corrected chi connectivity index (χ0v) is 11.3. The lowest BCUT2D eigenvalue weighted by molar-refractivity contribution is 0.539. The second kappa shape index (κ2) is 6.18. The van der Waals surface area contributed by atoms with E-state index in [9.17, 15) is 8.42 Å². The van der Waals surface area contributed by atoms with Crippen LogP contribution in [0.2, 0.25) is 0 Å². The Morgan fingerprint density at radius 2 is 2.06 bits per heavy atom. The quantitative estimate of drug-likeness (QED) is 0.769. The molecular weight excluding hydrogens is 240 g/mol. The van der Waals surface area contributed by atoms with Crippen LogP contribution >= 0.6 is 0 Å². The van der Waals surface area contributed by atoms with Gasteiger partial charge in [0, 0.05) is 24.7 Å². The van der Waals surface area contributed by atoms with Crippen molar-refractivity contribution >= 4 is 10.0 Å². The maximum Gasteiger partial charge on any atom is 0.215 e. The molecule has 0 aliphatic carbocycles. The van der Waals surface area contributed by atoms with Crippen molar-refractivity contribution in [3.63, 3.8) is 0 Å². The maximum atomic E-state index is 11.9. The van der Waals surface area contributed by atoms with Gasteiger partial charge in [-0.3, -0.25) is 0 Å². The molecule has 1 unspecified atom stereocenters. The Kier molecular flexibility index (Phi) is 5.17. The molecule has 1 aromatic heterocycles. The molecule has 1 atom stereocenters. The third kappa shape index (κ3) is 4.89. The average Bonchev–Trinajstić information content (AvgIpc) is 2.75. The van der Waals surface area contributed by atoms with Crippen LogP contribution in [-0.4, -0.2) is 26.3 Å². The molecule has 0 aliphatic rings. The smallest absolute Gasteiger partial charge is 0.215 e. The van der Waals surface area contributed by atoms with Gasteiger partial charge in [0.15, 0.2) is 0 Å². The van der Waals surface area contributed by atoms with Crippen molar-refractivity contribution in [2.45, 2.75) is 38.6 Å². The van der Waals surface area contributed by atoms with Gasteiger partial charge in [0.1, 0.15) is 0 Å². The Morgan fingerprint density at radius 1 is 1.35 bits per heavy atom. The van der Waals surface area contributed by atoms with E-state index in [1.165, 1.54) is 12.5 Å². The monoisotopic (exact) mass is 260 g/mol. The molecule has 0 spiro atoms. The lowest BCUT2D eigenvalue weighted by atomic mass is 10.3. The minimum atomic E-state index is -3.29. The van der Waals surface area contributed by atoms with Crippen LogP contribution in [0.25, 0.3) is 0 Å². The first-order chi connectivity index (χ1) is 7.92. The summed E-state index contributed by atoms with van der Waals surface area (Å²) in [5.74, 6) is 0. The zero-order chi connectivity index (χ0) is 12.9. The van der Waals surface area contributed by atoms with Crippen LogP contribution in [0.4, 0.5) is 0 Å². The van der Waals surface area contributed by atoms with Gasteiger partial charge in [-0.1, -0.05) is 13.8 Å². The van der Waals surface area contributed by atoms with E-state index in [1.807, 2.05) is 13.8 Å². The molecule has 0 bridgehead atoms. The van der Waals surface area contributed by atoms with Gasteiger partial charge in [-0.05, 0) is 13.0 Å². The van der Waals surface area contributed by atoms with Crippen molar-refractivity contribution in [3.8, 4) is 0 Å². The average molecular weight is 260 g/mol. The highest BCUT2D eigenvalue weighted by atomic mass is 32.2. The molecular formula is C11H20N2O3S. The van der Waals surface area contributed by atoms with Crippen molar-refractivity contribution in [1.29, 1.82) is 0 Å². The molecule has 1 heterocycles. The highest BCUT2D eigenvalue weighted by molar-refractivity contribution is 7.90. The van der Waals surface area contributed by atoms with Crippen molar-refractivity contribution in [2.75, 3.05) is 6.54 Å². The summed E-state index contributed by atoms with van der Waals surface area (Å²) < 4.78 is 31.1. The second-order valence-corrected chi connectivity index (χ2v) is 6.55. The third-order valence-corrected chi connectivity index (χ3v) is 4.17. The first kappa shape index (κ1) is 14.2. The van der Waals surface area contributed by atoms with Crippen LogP contribution in [0.3, 0.4) is 0 Å². The molecule has 1 rings (SSSR count). The summed E-state index contributed by atoms with van der Waals surface area (Å²) in [7, 11) is -3.29. The molecule has 0 aromatic carbocycles. The van der Waals surface area contributed by atoms with E-state index in [0.717, 1.165) is 5.56 Å². The van der Waals surface area contributed by atoms with Gasteiger partial charge < -0.3 is 9.73 Å². The summed E-state index contributed by atoms with van der Waals surface area (Å²) >= 11 is 0. The van der Waals surface area contributed by atoms with Gasteiger partial charge in [-0.25, -0.2) is 13.1 Å². The van der Waals surface area contributed by atoms with E-state index >= 15 is 0 Å². The summed E-state index contributed by atoms with van der Waals surface area (Å²) in [4.78, 5) is 0. The molecule has 0 aliphatic heterocycles. The summed E-state index contributed by atoms with van der Waals surface area (Å²) in [6, 6.07) is 2.01. The Labute approximate surface area is 103 Å². The lowest BCUT2D eigenvalue weighted by Crippen LogP contribution is -2.40. The van der Waals surface area contributed by atoms with Crippen molar-refractivity contribution in [1.82, 2.24) is 10.0 Å². The van der Waals surface area contributed by atoms with Gasteiger partial charge >= 0.3 is 0 Å². The normalized spacial score (nSPS) is 14.1. The van der Waals surface area contributed by atoms with Crippen LogP contribution in [0.1, 0.15) is 26.3 Å². The molecule has 0 saturated carbocycles. The summed E-state index contributed by atoms with van der Waals surface area (Å²) in [6.45, 7) is 6.37. The number of nitrogens with one attached hydrogen (secondary N) is 2. The molecule has 5 nitrogen and oxygen atoms in total. The van der Waals surface area contributed by atoms with E-state index in [2.05, 4.69) is 10.0 Å². The molecule has 6 heteroatoms. The van der Waals surface area contributed by atoms with E-state index in [4.69, 9.17) is 4.42 Å². The van der Waals surface area contributed by atoms with E-state index in [1.54, 1.807) is 13.0 Å². The van der Waals surface area contributed by atoms with Crippen molar-refractivity contribution in [2.24, 2.45) is 0 Å². The first-order valence-corrected chi connectivity index (χ1v) is 7.19. The Morgan fingerprint density at radius 3 is 2.59 bits per heavy atom. The fourth-order valence-corrected chi connectivity index (χ4v) is 2.20. The van der Waals surface area contributed by atoms with Crippen LogP contribution < -0.4 is 10.0 Å². The highest BCUT2D eigenvalue weighted by Crippen LogP contribution is 2.03. The van der Waals surface area contributed by atoms with Gasteiger partial charge in [0.2, 0.25) is 10.0 Å². The molecule has 17 heavy (non-hydrogen) atoms. The number of sulfonamides is 1. The first-order valence-electron chi connectivity index (χ1n) is 5.64. The van der Waals surface area contributed by atoms with Crippen LogP contribution in [-0.2, 0) is 16.6 Å². The van der Waals surface area contributed by atoms with Crippen LogP contribution in [0, 0.1) is 0 Å². The van der Waals surface area contributed by atoms with Gasteiger partial charge in [-0.2, -0.15) is 0 Å². The van der Waals surface area contributed by atoms with E-state index < -0.39 is 15.3 Å². The predicted octanol–water partition coefficient (Wildman–Crippen LogP) is 1.09. The SMILES string of the molecule is CC(C)NCC(C)S(=O)(=O)NCc1ccoc1.